The molecule has 0 bridgehead atoms. The number of thiophene rings is 1. The number of rotatable bonds is 5. The van der Waals surface area contributed by atoms with Crippen LogP contribution in [-0.2, 0) is 6.42 Å². The van der Waals surface area contributed by atoms with Crippen LogP contribution in [0.4, 0.5) is 0 Å². The average molecular weight is 278 g/mol. The summed E-state index contributed by atoms with van der Waals surface area (Å²) in [6.45, 7) is 3.19. The van der Waals surface area contributed by atoms with E-state index in [2.05, 4.69) is 15.0 Å². The lowest BCUT2D eigenvalue weighted by atomic mass is 10.3. The Labute approximate surface area is 116 Å². The smallest absolute Gasteiger partial charge is 0.227 e. The maximum atomic E-state index is 5.88. The van der Waals surface area contributed by atoms with Crippen LogP contribution in [0.5, 0.6) is 0 Å². The van der Waals surface area contributed by atoms with E-state index in [0.29, 0.717) is 11.9 Å². The van der Waals surface area contributed by atoms with Gasteiger partial charge in [-0.15, -0.1) is 11.3 Å². The zero-order chi connectivity index (χ0) is 13.1. The van der Waals surface area contributed by atoms with Gasteiger partial charge in [0.05, 0.1) is 4.88 Å². The Hall–Kier alpha value is -1.24. The van der Waals surface area contributed by atoms with Crippen molar-refractivity contribution in [3.05, 3.63) is 23.4 Å². The monoisotopic (exact) mass is 278 g/mol. The lowest BCUT2D eigenvalue weighted by Gasteiger charge is -2.13. The van der Waals surface area contributed by atoms with Crippen molar-refractivity contribution in [2.24, 2.45) is 5.73 Å². The summed E-state index contributed by atoms with van der Waals surface area (Å²) in [5, 5.41) is 6.03. The molecule has 0 unspecified atom stereocenters. The van der Waals surface area contributed by atoms with E-state index in [1.54, 1.807) is 11.3 Å². The van der Waals surface area contributed by atoms with E-state index in [4.69, 9.17) is 10.3 Å². The maximum absolute atomic E-state index is 5.88. The molecule has 6 heteroatoms. The van der Waals surface area contributed by atoms with E-state index in [0.717, 1.165) is 49.7 Å². The second kappa shape index (κ2) is 5.81. The summed E-state index contributed by atoms with van der Waals surface area (Å²) in [6, 6.07) is 4.35. The van der Waals surface area contributed by atoms with Crippen LogP contribution >= 0.6 is 11.3 Å². The lowest BCUT2D eigenvalue weighted by Crippen LogP contribution is -2.27. The van der Waals surface area contributed by atoms with Gasteiger partial charge in [-0.3, -0.25) is 0 Å². The van der Waals surface area contributed by atoms with E-state index in [9.17, 15) is 0 Å². The highest BCUT2D eigenvalue weighted by atomic mass is 32.1. The summed E-state index contributed by atoms with van der Waals surface area (Å²) in [5.41, 5.74) is 5.88. The van der Waals surface area contributed by atoms with Gasteiger partial charge in [-0.25, -0.2) is 0 Å². The lowest BCUT2D eigenvalue weighted by molar-refractivity contribution is 0.316. The highest BCUT2D eigenvalue weighted by molar-refractivity contribution is 7.13. The van der Waals surface area contributed by atoms with E-state index >= 15 is 0 Å². The van der Waals surface area contributed by atoms with E-state index < -0.39 is 0 Å². The molecule has 2 aromatic rings. The fourth-order valence-corrected chi connectivity index (χ4v) is 3.03. The second-order valence-electron chi connectivity index (χ2n) is 4.94. The molecular weight excluding hydrogens is 260 g/mol. The number of nitrogens with two attached hydrogens (primary N) is 1. The molecule has 5 nitrogen and oxygen atoms in total. The molecule has 0 aromatic carbocycles. The largest absolute Gasteiger partial charge is 0.339 e. The van der Waals surface area contributed by atoms with Crippen LogP contribution in [0, 0.1) is 0 Å². The molecule has 0 aliphatic carbocycles. The summed E-state index contributed by atoms with van der Waals surface area (Å²) in [7, 11) is 0. The Bertz CT molecular complexity index is 510. The van der Waals surface area contributed by atoms with Crippen molar-refractivity contribution >= 4 is 11.3 Å². The van der Waals surface area contributed by atoms with Gasteiger partial charge in [-0.05, 0) is 37.4 Å². The van der Waals surface area contributed by atoms with E-state index in [1.807, 2.05) is 17.5 Å². The molecule has 1 saturated heterocycles. The van der Waals surface area contributed by atoms with Crippen molar-refractivity contribution in [1.82, 2.24) is 15.0 Å². The molecule has 1 atom stereocenters. The van der Waals surface area contributed by atoms with Gasteiger partial charge in [-0.2, -0.15) is 4.98 Å². The van der Waals surface area contributed by atoms with E-state index in [-0.39, 0.29) is 0 Å². The van der Waals surface area contributed by atoms with Crippen molar-refractivity contribution in [1.29, 1.82) is 0 Å². The quantitative estimate of drug-likeness (QED) is 0.902. The normalized spacial score (nSPS) is 20.2. The number of hydrogen-bond acceptors (Lipinski definition) is 6. The summed E-state index contributed by atoms with van der Waals surface area (Å²) < 4.78 is 5.28. The molecule has 0 amide bonds. The Morgan fingerprint density at radius 1 is 1.53 bits per heavy atom. The molecule has 1 aliphatic heterocycles. The number of likely N-dealkylation sites (tertiary alicyclic amines) is 1. The summed E-state index contributed by atoms with van der Waals surface area (Å²) in [4.78, 5) is 7.88. The maximum Gasteiger partial charge on any atom is 0.227 e. The van der Waals surface area contributed by atoms with Gasteiger partial charge >= 0.3 is 0 Å². The third kappa shape index (κ3) is 3.20. The zero-order valence-electron chi connectivity index (χ0n) is 10.8. The highest BCUT2D eigenvalue weighted by Gasteiger charge is 2.18. The van der Waals surface area contributed by atoms with Crippen LogP contribution in [-0.4, -0.2) is 40.7 Å². The predicted octanol–water partition coefficient (Wildman–Crippen LogP) is 1.76. The molecule has 0 spiro atoms. The Balaban J connectivity index is 1.48. The SMILES string of the molecule is N[C@@H]1CCN(CCCc2nc(-c3cccs3)no2)C1. The molecule has 1 fully saturated rings. The number of hydrogen-bond donors (Lipinski definition) is 1. The first kappa shape index (κ1) is 12.8. The van der Waals surface area contributed by atoms with Crippen molar-refractivity contribution < 1.29 is 4.52 Å². The van der Waals surface area contributed by atoms with Crippen molar-refractivity contribution in [3.8, 4) is 10.7 Å². The summed E-state index contributed by atoms with van der Waals surface area (Å²) in [5.74, 6) is 1.43. The molecule has 0 radical (unpaired) electrons. The van der Waals surface area contributed by atoms with Crippen LogP contribution in [0.2, 0.25) is 0 Å². The molecule has 1 aliphatic rings. The van der Waals surface area contributed by atoms with Gasteiger partial charge in [-0.1, -0.05) is 11.2 Å². The van der Waals surface area contributed by atoms with Crippen LogP contribution in [0.1, 0.15) is 18.7 Å². The standard InChI is InChI=1S/C13H18N4OS/c14-10-5-7-17(9-10)6-1-4-12-15-13(16-18-12)11-3-2-8-19-11/h2-3,8,10H,1,4-7,9,14H2/t10-/m1/s1. The van der Waals surface area contributed by atoms with Crippen LogP contribution in [0.3, 0.4) is 0 Å². The summed E-state index contributed by atoms with van der Waals surface area (Å²) in [6.07, 6.45) is 2.99. The van der Waals surface area contributed by atoms with Crippen molar-refractivity contribution in [2.45, 2.75) is 25.3 Å². The van der Waals surface area contributed by atoms with Gasteiger partial charge in [0.15, 0.2) is 0 Å². The fraction of sp³-hybridized carbons (Fsp3) is 0.538. The molecule has 3 heterocycles. The Morgan fingerprint density at radius 3 is 3.21 bits per heavy atom. The first-order valence-corrected chi connectivity index (χ1v) is 7.53. The van der Waals surface area contributed by atoms with E-state index in [1.165, 1.54) is 0 Å². The first-order valence-electron chi connectivity index (χ1n) is 6.65. The minimum Gasteiger partial charge on any atom is -0.339 e. The van der Waals surface area contributed by atoms with Gasteiger partial charge in [0.1, 0.15) is 0 Å². The number of aromatic nitrogens is 2. The van der Waals surface area contributed by atoms with Gasteiger partial charge in [0.2, 0.25) is 11.7 Å². The Morgan fingerprint density at radius 2 is 2.47 bits per heavy atom. The van der Waals surface area contributed by atoms with Gasteiger partial charge < -0.3 is 15.2 Å². The average Bonchev–Trinajstić information content (AvgIpc) is 3.09. The first-order chi connectivity index (χ1) is 9.31. The zero-order valence-corrected chi connectivity index (χ0v) is 11.6. The molecule has 2 N–H and O–H groups in total. The molecule has 2 aromatic heterocycles. The molecular formula is C13H18N4OS. The van der Waals surface area contributed by atoms with Crippen molar-refractivity contribution in [3.63, 3.8) is 0 Å². The highest BCUT2D eigenvalue weighted by Crippen LogP contribution is 2.21. The predicted molar refractivity (Wildman–Crippen MR) is 75.0 cm³/mol. The van der Waals surface area contributed by atoms with Crippen molar-refractivity contribution in [2.75, 3.05) is 19.6 Å². The summed E-state index contributed by atoms with van der Waals surface area (Å²) >= 11 is 1.63. The molecule has 3 rings (SSSR count). The topological polar surface area (TPSA) is 68.2 Å². The molecule has 0 saturated carbocycles. The second-order valence-corrected chi connectivity index (χ2v) is 5.89. The number of aryl methyl sites for hydroxylation is 1. The Kier molecular flexibility index (Phi) is 3.91. The minimum absolute atomic E-state index is 0.355. The minimum atomic E-state index is 0.355. The van der Waals surface area contributed by atoms with Gasteiger partial charge in [0, 0.05) is 19.0 Å². The number of nitrogens with zero attached hydrogens (tertiary/aromatic N) is 3. The third-order valence-electron chi connectivity index (χ3n) is 3.38. The van der Waals surface area contributed by atoms with Crippen LogP contribution in [0.25, 0.3) is 10.7 Å². The fourth-order valence-electron chi connectivity index (χ4n) is 2.38. The third-order valence-corrected chi connectivity index (χ3v) is 4.25. The van der Waals surface area contributed by atoms with Crippen LogP contribution in [0.15, 0.2) is 22.0 Å². The molecule has 102 valence electrons. The van der Waals surface area contributed by atoms with Gasteiger partial charge in [0.25, 0.3) is 0 Å². The van der Waals surface area contributed by atoms with Crippen LogP contribution < -0.4 is 5.73 Å². The molecule has 19 heavy (non-hydrogen) atoms.